The minimum atomic E-state index is -5.08. The summed E-state index contributed by atoms with van der Waals surface area (Å²) in [6, 6.07) is 0. The summed E-state index contributed by atoms with van der Waals surface area (Å²) >= 11 is 1.68. The Bertz CT molecular complexity index is 1150. The molecule has 2 aromatic rings. The van der Waals surface area contributed by atoms with E-state index < -0.39 is 24.0 Å². The maximum absolute atomic E-state index is 12.5. The number of rotatable bonds is 8. The molecule has 1 aliphatic heterocycles. The Morgan fingerprint density at radius 2 is 1.67 bits per heavy atom. The van der Waals surface area contributed by atoms with Crippen LogP contribution in [0.3, 0.4) is 0 Å². The van der Waals surface area contributed by atoms with E-state index in [9.17, 15) is 27.6 Å². The van der Waals surface area contributed by atoms with Gasteiger partial charge in [0.25, 0.3) is 0 Å². The molecule has 0 saturated carbocycles. The molecule has 0 atom stereocenters. The van der Waals surface area contributed by atoms with Crippen molar-refractivity contribution < 1.29 is 42.6 Å². The first-order chi connectivity index (χ1) is 18.0. The number of thiazole rings is 1. The number of aliphatic carboxylic acids is 2. The van der Waals surface area contributed by atoms with Crippen LogP contribution in [0.25, 0.3) is 0 Å². The van der Waals surface area contributed by atoms with Crippen LogP contribution in [0.4, 0.5) is 13.2 Å². The second-order valence-corrected chi connectivity index (χ2v) is 10.5. The molecule has 0 aromatic carbocycles. The number of carbonyl (C=O) groups excluding carboxylic acids is 2. The zero-order valence-electron chi connectivity index (χ0n) is 21.6. The number of carbonyl (C=O) groups is 4. The van der Waals surface area contributed by atoms with Gasteiger partial charge in [-0.25, -0.2) is 14.5 Å². The van der Waals surface area contributed by atoms with Crippen LogP contribution in [0.5, 0.6) is 0 Å². The van der Waals surface area contributed by atoms with Gasteiger partial charge in [-0.1, -0.05) is 26.0 Å². The quantitative estimate of drug-likeness (QED) is 0.386. The van der Waals surface area contributed by atoms with Crippen LogP contribution >= 0.6 is 11.3 Å². The van der Waals surface area contributed by atoms with Crippen LogP contribution < -0.4 is 5.32 Å². The normalized spacial score (nSPS) is 14.4. The molecule has 216 valence electrons. The van der Waals surface area contributed by atoms with Crippen LogP contribution in [-0.4, -0.2) is 96.1 Å². The van der Waals surface area contributed by atoms with Crippen molar-refractivity contribution in [2.45, 2.75) is 58.4 Å². The first-order valence-corrected chi connectivity index (χ1v) is 12.5. The van der Waals surface area contributed by atoms with Gasteiger partial charge in [0.05, 0.1) is 23.4 Å². The molecule has 13 nitrogen and oxygen atoms in total. The molecule has 0 bridgehead atoms. The Balaban J connectivity index is 0.000000673. The summed E-state index contributed by atoms with van der Waals surface area (Å²) < 4.78 is 32.9. The fraction of sp³-hybridized carbons (Fsp3) is 0.591. The van der Waals surface area contributed by atoms with E-state index in [0.717, 1.165) is 30.3 Å². The molecule has 2 amide bonds. The Kier molecular flexibility index (Phi) is 10.9. The summed E-state index contributed by atoms with van der Waals surface area (Å²) in [5.74, 6) is -4.40. The monoisotopic (exact) mass is 577 g/mol. The summed E-state index contributed by atoms with van der Waals surface area (Å²) in [6.07, 6.45) is -3.87. The van der Waals surface area contributed by atoms with Crippen LogP contribution in [0.2, 0.25) is 0 Å². The third-order valence-corrected chi connectivity index (χ3v) is 6.53. The molecule has 1 saturated heterocycles. The number of piperazine rings is 1. The van der Waals surface area contributed by atoms with Crippen molar-refractivity contribution in [1.29, 1.82) is 0 Å². The molecular formula is C22H30F3N7O6S. The Hall–Kier alpha value is -3.60. The maximum atomic E-state index is 12.5. The third kappa shape index (κ3) is 11.0. The summed E-state index contributed by atoms with van der Waals surface area (Å²) in [5.41, 5.74) is 1.53. The van der Waals surface area contributed by atoms with E-state index in [0.29, 0.717) is 18.8 Å². The Labute approximate surface area is 225 Å². The molecule has 3 rings (SSSR count). The smallest absolute Gasteiger partial charge is 0.480 e. The number of nitrogens with one attached hydrogen (secondary N) is 1. The largest absolute Gasteiger partial charge is 0.490 e. The minimum Gasteiger partial charge on any atom is -0.480 e. The fourth-order valence-corrected chi connectivity index (χ4v) is 4.14. The molecule has 3 heterocycles. The van der Waals surface area contributed by atoms with Gasteiger partial charge < -0.3 is 20.4 Å². The van der Waals surface area contributed by atoms with Gasteiger partial charge in [-0.2, -0.15) is 13.2 Å². The Morgan fingerprint density at radius 1 is 1.05 bits per heavy atom. The van der Waals surface area contributed by atoms with Crippen molar-refractivity contribution in [3.8, 4) is 0 Å². The summed E-state index contributed by atoms with van der Waals surface area (Å²) in [4.78, 5) is 52.8. The zero-order valence-corrected chi connectivity index (χ0v) is 22.4. The molecule has 0 unspecified atom stereocenters. The van der Waals surface area contributed by atoms with E-state index in [4.69, 9.17) is 20.0 Å². The summed E-state index contributed by atoms with van der Waals surface area (Å²) in [7, 11) is 0. The molecule has 1 aliphatic rings. The first kappa shape index (κ1) is 31.6. The van der Waals surface area contributed by atoms with E-state index in [1.807, 2.05) is 0 Å². The summed E-state index contributed by atoms with van der Waals surface area (Å²) in [5, 5.41) is 29.2. The van der Waals surface area contributed by atoms with Crippen LogP contribution in [0.15, 0.2) is 11.6 Å². The SMILES string of the molecule is CC(C)(C)c1nc(CN2CCN(C(=O)CC(=O)NCc3cn(CC(=O)O)nn3)CC2)cs1.O=C(O)C(F)(F)F. The van der Waals surface area contributed by atoms with Gasteiger partial charge in [-0.05, 0) is 0 Å². The number of hydrogen-bond acceptors (Lipinski definition) is 9. The van der Waals surface area contributed by atoms with Crippen molar-refractivity contribution >= 4 is 35.1 Å². The lowest BCUT2D eigenvalue weighted by atomic mass is 9.98. The molecule has 3 N–H and O–H groups in total. The van der Waals surface area contributed by atoms with Gasteiger partial charge in [0.1, 0.15) is 18.7 Å². The second kappa shape index (κ2) is 13.5. The average Bonchev–Trinajstić information content (AvgIpc) is 3.47. The van der Waals surface area contributed by atoms with E-state index in [-0.39, 0.29) is 30.8 Å². The zero-order chi connectivity index (χ0) is 29.4. The number of halogens is 3. The van der Waals surface area contributed by atoms with E-state index in [1.165, 1.54) is 10.9 Å². The van der Waals surface area contributed by atoms with Gasteiger partial charge >= 0.3 is 18.1 Å². The lowest BCUT2D eigenvalue weighted by molar-refractivity contribution is -0.192. The van der Waals surface area contributed by atoms with Crippen LogP contribution in [0, 0.1) is 0 Å². The highest BCUT2D eigenvalue weighted by Gasteiger charge is 2.38. The Morgan fingerprint density at radius 3 is 2.18 bits per heavy atom. The van der Waals surface area contributed by atoms with Crippen molar-refractivity contribution in [2.75, 3.05) is 26.2 Å². The van der Waals surface area contributed by atoms with E-state index >= 15 is 0 Å². The number of alkyl halides is 3. The molecule has 17 heteroatoms. The van der Waals surface area contributed by atoms with E-state index in [2.05, 4.69) is 46.7 Å². The van der Waals surface area contributed by atoms with Crippen molar-refractivity contribution in [3.63, 3.8) is 0 Å². The van der Waals surface area contributed by atoms with Crippen molar-refractivity contribution in [1.82, 2.24) is 35.1 Å². The number of nitrogens with zero attached hydrogens (tertiary/aromatic N) is 6. The highest BCUT2D eigenvalue weighted by molar-refractivity contribution is 7.09. The molecular weight excluding hydrogens is 547 g/mol. The molecule has 0 aliphatic carbocycles. The van der Waals surface area contributed by atoms with Crippen LogP contribution in [-0.2, 0) is 44.2 Å². The van der Waals surface area contributed by atoms with Gasteiger partial charge in [0.2, 0.25) is 11.8 Å². The number of hydrogen-bond donors (Lipinski definition) is 3. The lowest BCUT2D eigenvalue weighted by Crippen LogP contribution is -2.49. The summed E-state index contributed by atoms with van der Waals surface area (Å²) in [6.45, 7) is 9.63. The maximum Gasteiger partial charge on any atom is 0.490 e. The number of carboxylic acids is 2. The first-order valence-electron chi connectivity index (χ1n) is 11.7. The van der Waals surface area contributed by atoms with Gasteiger partial charge in [0, 0.05) is 43.5 Å². The van der Waals surface area contributed by atoms with E-state index in [1.54, 1.807) is 16.2 Å². The predicted molar refractivity (Wildman–Crippen MR) is 130 cm³/mol. The average molecular weight is 578 g/mol. The predicted octanol–water partition coefficient (Wildman–Crippen LogP) is 1.10. The highest BCUT2D eigenvalue weighted by Crippen LogP contribution is 2.26. The third-order valence-electron chi connectivity index (χ3n) is 5.21. The minimum absolute atomic E-state index is 0.0453. The van der Waals surface area contributed by atoms with Gasteiger partial charge in [0.15, 0.2) is 0 Å². The molecule has 0 radical (unpaired) electrons. The molecule has 0 spiro atoms. The van der Waals surface area contributed by atoms with Gasteiger partial charge in [-0.3, -0.25) is 19.3 Å². The fourth-order valence-electron chi connectivity index (χ4n) is 3.24. The number of aromatic nitrogens is 4. The second-order valence-electron chi connectivity index (χ2n) is 9.61. The lowest BCUT2D eigenvalue weighted by Gasteiger charge is -2.34. The molecule has 1 fully saturated rings. The topological polar surface area (TPSA) is 171 Å². The van der Waals surface area contributed by atoms with Crippen molar-refractivity contribution in [2.24, 2.45) is 0 Å². The number of carboxylic acid groups (broad SMARTS) is 2. The van der Waals surface area contributed by atoms with Crippen molar-refractivity contribution in [3.05, 3.63) is 28.0 Å². The molecule has 2 aromatic heterocycles. The standard InChI is InChI=1S/C20H29N7O4S.C2HF3O2/c1-20(2,3)19-22-15(13-32-19)10-25-4-6-26(7-5-25)17(29)8-16(28)21-9-14-11-27(24-23-14)12-18(30)31;3-2(4,5)1(6)7/h11,13H,4-10,12H2,1-3H3,(H,21,28)(H,30,31);(H,6,7). The number of amides is 2. The highest BCUT2D eigenvalue weighted by atomic mass is 32.1. The van der Waals surface area contributed by atoms with Gasteiger partial charge in [-0.15, -0.1) is 16.4 Å². The van der Waals surface area contributed by atoms with Crippen LogP contribution in [0.1, 0.15) is 43.6 Å². The molecule has 39 heavy (non-hydrogen) atoms.